The van der Waals surface area contributed by atoms with Gasteiger partial charge in [-0.3, -0.25) is 0 Å². The highest BCUT2D eigenvalue weighted by atomic mass is 32.2. The monoisotopic (exact) mass is 513 g/mol. The zero-order valence-corrected chi connectivity index (χ0v) is 21.1. The van der Waals surface area contributed by atoms with Crippen LogP contribution in [0.1, 0.15) is 38.2 Å². The van der Waals surface area contributed by atoms with E-state index in [0.717, 1.165) is 49.9 Å². The molecule has 2 aromatic carbocycles. The molecule has 0 N–H and O–H groups in total. The molecule has 0 aliphatic carbocycles. The summed E-state index contributed by atoms with van der Waals surface area (Å²) in [5.41, 5.74) is 1.94. The fourth-order valence-corrected chi connectivity index (χ4v) is 6.01. The number of piperidine rings is 1. The van der Waals surface area contributed by atoms with Crippen molar-refractivity contribution in [3.05, 3.63) is 66.0 Å². The van der Waals surface area contributed by atoms with Gasteiger partial charge >= 0.3 is 0 Å². The van der Waals surface area contributed by atoms with E-state index in [2.05, 4.69) is 21.8 Å². The Kier molecular flexibility index (Phi) is 6.68. The molecule has 2 aliphatic rings. The lowest BCUT2D eigenvalue weighted by Gasteiger charge is -2.38. The molecule has 0 saturated carbocycles. The van der Waals surface area contributed by atoms with E-state index >= 15 is 0 Å². The summed E-state index contributed by atoms with van der Waals surface area (Å²) in [4.78, 5) is 11.6. The lowest BCUT2D eigenvalue weighted by atomic mass is 9.91. The number of hydrogen-bond donors (Lipinski definition) is 0. The molecule has 0 radical (unpaired) electrons. The fraction of sp³-hybridized carbons (Fsp3) is 0.407. The highest BCUT2D eigenvalue weighted by molar-refractivity contribution is 7.90. The number of benzene rings is 2. The average Bonchev–Trinajstić information content (AvgIpc) is 3.12. The van der Waals surface area contributed by atoms with Gasteiger partial charge in [0.25, 0.3) is 0 Å². The van der Waals surface area contributed by atoms with Gasteiger partial charge in [-0.15, -0.1) is 0 Å². The lowest BCUT2D eigenvalue weighted by molar-refractivity contribution is 0.190. The number of rotatable bonds is 7. The van der Waals surface area contributed by atoms with Crippen molar-refractivity contribution in [2.24, 2.45) is 5.92 Å². The summed E-state index contributed by atoms with van der Waals surface area (Å²) >= 11 is 0. The van der Waals surface area contributed by atoms with Crippen molar-refractivity contribution in [3.8, 4) is 16.9 Å². The predicted molar refractivity (Wildman–Crippen MR) is 134 cm³/mol. The summed E-state index contributed by atoms with van der Waals surface area (Å²) in [6.45, 7) is 2.32. The van der Waals surface area contributed by atoms with Crippen LogP contribution in [0.4, 0.5) is 14.7 Å². The van der Waals surface area contributed by atoms with Gasteiger partial charge in [0, 0.05) is 30.7 Å². The molecule has 2 bridgehead atoms. The Bertz CT molecular complexity index is 1310. The normalized spacial score (nSPS) is 21.6. The molecule has 190 valence electrons. The fourth-order valence-electron chi connectivity index (χ4n) is 5.38. The van der Waals surface area contributed by atoms with Gasteiger partial charge in [0.1, 0.15) is 0 Å². The number of fused-ring (bicyclic) bond motifs is 2. The van der Waals surface area contributed by atoms with Gasteiger partial charge in [0.15, 0.2) is 27.2 Å². The zero-order chi connectivity index (χ0) is 25.4. The van der Waals surface area contributed by atoms with Crippen LogP contribution in [-0.2, 0) is 16.3 Å². The van der Waals surface area contributed by atoms with E-state index in [1.165, 1.54) is 36.4 Å². The number of aromatic nitrogens is 2. The Balaban J connectivity index is 1.25. The summed E-state index contributed by atoms with van der Waals surface area (Å²) in [6.07, 6.45) is 9.60. The highest BCUT2D eigenvalue weighted by Gasteiger charge is 2.42. The molecule has 1 aromatic heterocycles. The third kappa shape index (κ3) is 4.93. The third-order valence-electron chi connectivity index (χ3n) is 7.24. The molecule has 5 rings (SSSR count). The van der Waals surface area contributed by atoms with Crippen molar-refractivity contribution in [1.29, 1.82) is 0 Å². The number of nitrogens with zero attached hydrogens (tertiary/aromatic N) is 3. The average molecular weight is 514 g/mol. The molecular weight excluding hydrogens is 484 g/mol. The van der Waals surface area contributed by atoms with Crippen molar-refractivity contribution in [2.75, 3.05) is 17.8 Å². The maximum Gasteiger partial charge on any atom is 0.225 e. The van der Waals surface area contributed by atoms with E-state index in [0.29, 0.717) is 23.2 Å². The second-order valence-electron chi connectivity index (χ2n) is 9.75. The number of sulfone groups is 1. The van der Waals surface area contributed by atoms with Crippen molar-refractivity contribution in [2.45, 2.75) is 56.0 Å². The Labute approximate surface area is 210 Å². The summed E-state index contributed by atoms with van der Waals surface area (Å²) in [7, 11) is -3.35. The maximum absolute atomic E-state index is 14.8. The van der Waals surface area contributed by atoms with Crippen LogP contribution in [0.3, 0.4) is 0 Å². The van der Waals surface area contributed by atoms with Crippen LogP contribution in [0.5, 0.6) is 5.75 Å². The largest absolute Gasteiger partial charge is 0.487 e. The Hall–Kier alpha value is -3.07. The Morgan fingerprint density at radius 2 is 1.56 bits per heavy atom. The van der Waals surface area contributed by atoms with E-state index in [9.17, 15) is 17.2 Å². The number of aryl methyl sites for hydroxylation is 1. The second-order valence-corrected chi connectivity index (χ2v) is 11.8. The minimum absolute atomic E-state index is 0.150. The number of ether oxygens (including phenoxy) is 1. The highest BCUT2D eigenvalue weighted by Crippen LogP contribution is 2.41. The molecule has 3 aromatic rings. The number of halogens is 2. The minimum Gasteiger partial charge on any atom is -0.487 e. The summed E-state index contributed by atoms with van der Waals surface area (Å²) in [6, 6.07) is 8.97. The van der Waals surface area contributed by atoms with Gasteiger partial charge < -0.3 is 9.64 Å². The predicted octanol–water partition coefficient (Wildman–Crippen LogP) is 5.21. The van der Waals surface area contributed by atoms with Gasteiger partial charge in [0.2, 0.25) is 5.95 Å². The molecule has 3 heterocycles. The topological polar surface area (TPSA) is 72.4 Å². The standard InChI is InChI=1S/C27H29F2N3O3S/c1-3-17-14-30-27(31-15-17)32-21-6-7-22(32)11-18(10-21)16-35-26-24(28)12-20(13-25(26)29)19-4-8-23(9-5-19)36(2,33)34/h4-5,8-9,12-15,18,21-22H,3,6-7,10-11,16H2,1-2H3. The van der Waals surface area contributed by atoms with Crippen LogP contribution in [0.15, 0.2) is 53.7 Å². The minimum atomic E-state index is -3.35. The molecule has 2 unspecified atom stereocenters. The second kappa shape index (κ2) is 9.76. The van der Waals surface area contributed by atoms with Crippen LogP contribution in [0.25, 0.3) is 11.1 Å². The van der Waals surface area contributed by atoms with Gasteiger partial charge in [-0.2, -0.15) is 0 Å². The van der Waals surface area contributed by atoms with Crippen LogP contribution in [-0.4, -0.2) is 43.3 Å². The smallest absolute Gasteiger partial charge is 0.225 e. The van der Waals surface area contributed by atoms with E-state index < -0.39 is 21.5 Å². The van der Waals surface area contributed by atoms with Crippen molar-refractivity contribution in [1.82, 2.24) is 9.97 Å². The third-order valence-corrected chi connectivity index (χ3v) is 8.37. The molecule has 2 aliphatic heterocycles. The zero-order valence-electron chi connectivity index (χ0n) is 20.3. The van der Waals surface area contributed by atoms with Crippen LogP contribution in [0.2, 0.25) is 0 Å². The number of anilines is 1. The van der Waals surface area contributed by atoms with Gasteiger partial charge in [-0.1, -0.05) is 19.1 Å². The molecule has 9 heteroatoms. The van der Waals surface area contributed by atoms with Crippen molar-refractivity contribution >= 4 is 15.8 Å². The summed E-state index contributed by atoms with van der Waals surface area (Å²) in [5.74, 6) is -0.976. The molecule has 2 atom stereocenters. The quantitative estimate of drug-likeness (QED) is 0.432. The molecule has 2 saturated heterocycles. The van der Waals surface area contributed by atoms with E-state index in [1.54, 1.807) is 0 Å². The number of hydrogen-bond acceptors (Lipinski definition) is 6. The molecule has 2 fully saturated rings. The first kappa shape index (κ1) is 24.6. The van der Waals surface area contributed by atoms with Crippen molar-refractivity contribution in [3.63, 3.8) is 0 Å². The van der Waals surface area contributed by atoms with Crippen LogP contribution >= 0.6 is 0 Å². The van der Waals surface area contributed by atoms with Gasteiger partial charge in [-0.25, -0.2) is 27.2 Å². The van der Waals surface area contributed by atoms with Crippen LogP contribution in [0, 0.1) is 17.6 Å². The Morgan fingerprint density at radius 3 is 2.08 bits per heavy atom. The molecule has 0 spiro atoms. The summed E-state index contributed by atoms with van der Waals surface area (Å²) < 4.78 is 58.7. The SMILES string of the molecule is CCc1cnc(N2C3CCC2CC(COc2c(F)cc(-c4ccc(S(C)(=O)=O)cc4)cc2F)C3)nc1. The van der Waals surface area contributed by atoms with E-state index in [4.69, 9.17) is 4.74 Å². The van der Waals surface area contributed by atoms with Crippen LogP contribution < -0.4 is 9.64 Å². The Morgan fingerprint density at radius 1 is 0.972 bits per heavy atom. The molecule has 0 amide bonds. The first-order valence-corrected chi connectivity index (χ1v) is 14.1. The van der Waals surface area contributed by atoms with E-state index in [-0.39, 0.29) is 23.2 Å². The first-order chi connectivity index (χ1) is 17.2. The van der Waals surface area contributed by atoms with E-state index in [1.807, 2.05) is 12.4 Å². The lowest BCUT2D eigenvalue weighted by Crippen LogP contribution is -2.45. The first-order valence-electron chi connectivity index (χ1n) is 12.2. The molecule has 36 heavy (non-hydrogen) atoms. The molecular formula is C27H29F2N3O3S. The molecule has 6 nitrogen and oxygen atoms in total. The summed E-state index contributed by atoms with van der Waals surface area (Å²) in [5, 5.41) is 0. The van der Waals surface area contributed by atoms with Gasteiger partial charge in [0.05, 0.1) is 11.5 Å². The van der Waals surface area contributed by atoms with Gasteiger partial charge in [-0.05, 0) is 79.0 Å². The maximum atomic E-state index is 14.8. The van der Waals surface area contributed by atoms with Crippen molar-refractivity contribution < 1.29 is 21.9 Å².